The van der Waals surface area contributed by atoms with Crippen LogP contribution in [0.5, 0.6) is 0 Å². The first-order valence-electron chi connectivity index (χ1n) is 4.70. The summed E-state index contributed by atoms with van der Waals surface area (Å²) in [5.41, 5.74) is 0.992. The minimum absolute atomic E-state index is 0.686. The summed E-state index contributed by atoms with van der Waals surface area (Å²) in [5, 5.41) is 7.80. The van der Waals surface area contributed by atoms with Crippen molar-refractivity contribution in [2.24, 2.45) is 10.2 Å². The zero-order chi connectivity index (χ0) is 11.2. The summed E-state index contributed by atoms with van der Waals surface area (Å²) in [6.45, 7) is 0. The minimum Gasteiger partial charge on any atom is -0.463 e. The van der Waals surface area contributed by atoms with E-state index in [1.807, 2.05) is 30.3 Å². The van der Waals surface area contributed by atoms with E-state index in [0.29, 0.717) is 5.76 Å². The van der Waals surface area contributed by atoms with Crippen LogP contribution in [-0.4, -0.2) is 12.4 Å². The van der Waals surface area contributed by atoms with Gasteiger partial charge in [0.1, 0.15) is 5.76 Å². The van der Waals surface area contributed by atoms with Gasteiger partial charge in [-0.3, -0.25) is 0 Å². The highest BCUT2D eigenvalue weighted by Gasteiger charge is 1.89. The van der Waals surface area contributed by atoms with Gasteiger partial charge in [0.15, 0.2) is 0 Å². The Bertz CT molecular complexity index is 503. The lowest BCUT2D eigenvalue weighted by molar-refractivity contribution is 0.560. The molecular formula is C12H9BrN2O. The fourth-order valence-electron chi connectivity index (χ4n) is 1.14. The summed E-state index contributed by atoms with van der Waals surface area (Å²) < 4.78 is 6.09. The van der Waals surface area contributed by atoms with Gasteiger partial charge in [-0.25, -0.2) is 0 Å². The molecule has 0 spiro atoms. The molecule has 0 radical (unpaired) electrons. The standard InChI is InChI=1S/C12H9BrN2O/c13-11-4-1-3-10(7-11)8-14-15-9-12-5-2-6-16-12/h1-9H/b14-8-,15-9-. The van der Waals surface area contributed by atoms with E-state index in [2.05, 4.69) is 26.1 Å². The number of halogens is 1. The molecule has 0 N–H and O–H groups in total. The number of furan rings is 1. The first-order valence-corrected chi connectivity index (χ1v) is 5.49. The molecular weight excluding hydrogens is 268 g/mol. The quantitative estimate of drug-likeness (QED) is 0.625. The molecule has 2 aromatic rings. The molecule has 0 saturated carbocycles. The summed E-state index contributed by atoms with van der Waals surface area (Å²) in [7, 11) is 0. The molecule has 0 aliphatic carbocycles. The average molecular weight is 277 g/mol. The van der Waals surface area contributed by atoms with Crippen LogP contribution in [-0.2, 0) is 0 Å². The maximum absolute atomic E-state index is 5.07. The Morgan fingerprint density at radius 1 is 1.06 bits per heavy atom. The Kier molecular flexibility index (Phi) is 3.66. The lowest BCUT2D eigenvalue weighted by Crippen LogP contribution is -1.79. The van der Waals surface area contributed by atoms with Gasteiger partial charge < -0.3 is 4.42 Å². The molecule has 16 heavy (non-hydrogen) atoms. The highest BCUT2D eigenvalue weighted by molar-refractivity contribution is 9.10. The highest BCUT2D eigenvalue weighted by atomic mass is 79.9. The second-order valence-corrected chi connectivity index (χ2v) is 3.98. The third kappa shape index (κ3) is 3.17. The second kappa shape index (κ2) is 5.42. The molecule has 1 heterocycles. The van der Waals surface area contributed by atoms with Crippen molar-refractivity contribution in [1.82, 2.24) is 0 Å². The van der Waals surface area contributed by atoms with E-state index in [1.165, 1.54) is 0 Å². The molecule has 80 valence electrons. The lowest BCUT2D eigenvalue weighted by Gasteiger charge is -1.91. The molecule has 1 aromatic carbocycles. The van der Waals surface area contributed by atoms with Crippen LogP contribution in [0.4, 0.5) is 0 Å². The van der Waals surface area contributed by atoms with E-state index in [1.54, 1.807) is 24.8 Å². The van der Waals surface area contributed by atoms with E-state index in [4.69, 9.17) is 4.42 Å². The molecule has 0 saturated heterocycles. The van der Waals surface area contributed by atoms with Crippen molar-refractivity contribution < 1.29 is 4.42 Å². The van der Waals surface area contributed by atoms with Gasteiger partial charge in [0.25, 0.3) is 0 Å². The van der Waals surface area contributed by atoms with Crippen molar-refractivity contribution in [2.45, 2.75) is 0 Å². The summed E-state index contributed by atoms with van der Waals surface area (Å²) >= 11 is 3.39. The molecule has 4 heteroatoms. The molecule has 1 aromatic heterocycles. The van der Waals surface area contributed by atoms with E-state index in [-0.39, 0.29) is 0 Å². The van der Waals surface area contributed by atoms with Crippen LogP contribution in [0.25, 0.3) is 0 Å². The third-order valence-electron chi connectivity index (χ3n) is 1.85. The van der Waals surface area contributed by atoms with Crippen molar-refractivity contribution >= 4 is 28.4 Å². The number of hydrogen-bond acceptors (Lipinski definition) is 3. The van der Waals surface area contributed by atoms with Crippen molar-refractivity contribution in [3.05, 3.63) is 58.5 Å². The fourth-order valence-corrected chi connectivity index (χ4v) is 1.56. The molecule has 0 bridgehead atoms. The van der Waals surface area contributed by atoms with Crippen molar-refractivity contribution in [1.29, 1.82) is 0 Å². The Hall–Kier alpha value is -1.68. The number of benzene rings is 1. The van der Waals surface area contributed by atoms with Gasteiger partial charge in [-0.05, 0) is 29.8 Å². The van der Waals surface area contributed by atoms with E-state index >= 15 is 0 Å². The summed E-state index contributed by atoms with van der Waals surface area (Å²) in [4.78, 5) is 0. The lowest BCUT2D eigenvalue weighted by atomic mass is 10.2. The Labute approximate surface area is 102 Å². The van der Waals surface area contributed by atoms with E-state index in [9.17, 15) is 0 Å². The Balaban J connectivity index is 2.00. The summed E-state index contributed by atoms with van der Waals surface area (Å²) in [5.74, 6) is 0.686. The molecule has 0 aliphatic rings. The number of nitrogens with zero attached hydrogens (tertiary/aromatic N) is 2. The maximum atomic E-state index is 5.07. The van der Waals surface area contributed by atoms with Gasteiger partial charge in [-0.2, -0.15) is 10.2 Å². The molecule has 0 aliphatic heterocycles. The minimum atomic E-state index is 0.686. The van der Waals surface area contributed by atoms with Crippen LogP contribution in [0, 0.1) is 0 Å². The maximum Gasteiger partial charge on any atom is 0.146 e. The Morgan fingerprint density at radius 2 is 1.94 bits per heavy atom. The van der Waals surface area contributed by atoms with Gasteiger partial charge in [-0.1, -0.05) is 28.1 Å². The number of hydrogen-bond donors (Lipinski definition) is 0. The first kappa shape index (κ1) is 10.8. The molecule has 2 rings (SSSR count). The highest BCUT2D eigenvalue weighted by Crippen LogP contribution is 2.09. The zero-order valence-corrected chi connectivity index (χ0v) is 9.96. The average Bonchev–Trinajstić information content (AvgIpc) is 2.77. The molecule has 3 nitrogen and oxygen atoms in total. The van der Waals surface area contributed by atoms with Crippen LogP contribution in [0.3, 0.4) is 0 Å². The van der Waals surface area contributed by atoms with Crippen molar-refractivity contribution in [3.8, 4) is 0 Å². The van der Waals surface area contributed by atoms with Gasteiger partial charge in [0.2, 0.25) is 0 Å². The molecule has 0 atom stereocenters. The predicted octanol–water partition coefficient (Wildman–Crippen LogP) is 3.50. The van der Waals surface area contributed by atoms with Crippen LogP contribution in [0.15, 0.2) is 61.8 Å². The fraction of sp³-hybridized carbons (Fsp3) is 0. The van der Waals surface area contributed by atoms with Crippen molar-refractivity contribution in [2.75, 3.05) is 0 Å². The smallest absolute Gasteiger partial charge is 0.146 e. The largest absolute Gasteiger partial charge is 0.463 e. The van der Waals surface area contributed by atoms with Gasteiger partial charge in [0.05, 0.1) is 18.7 Å². The van der Waals surface area contributed by atoms with Gasteiger partial charge in [0, 0.05) is 4.47 Å². The van der Waals surface area contributed by atoms with Crippen LogP contribution in [0.2, 0.25) is 0 Å². The molecule has 0 fully saturated rings. The van der Waals surface area contributed by atoms with Crippen LogP contribution in [0.1, 0.15) is 11.3 Å². The van der Waals surface area contributed by atoms with Crippen LogP contribution >= 0.6 is 15.9 Å². The predicted molar refractivity (Wildman–Crippen MR) is 68.0 cm³/mol. The second-order valence-electron chi connectivity index (χ2n) is 3.06. The molecule has 0 amide bonds. The SMILES string of the molecule is Brc1cccc(/C=N\N=C/c2ccco2)c1. The van der Waals surface area contributed by atoms with Gasteiger partial charge in [-0.15, -0.1) is 0 Å². The number of rotatable bonds is 3. The van der Waals surface area contributed by atoms with Crippen molar-refractivity contribution in [3.63, 3.8) is 0 Å². The van der Waals surface area contributed by atoms with E-state index in [0.717, 1.165) is 10.0 Å². The van der Waals surface area contributed by atoms with Gasteiger partial charge >= 0.3 is 0 Å². The monoisotopic (exact) mass is 276 g/mol. The normalized spacial score (nSPS) is 11.6. The summed E-state index contributed by atoms with van der Waals surface area (Å²) in [6, 6.07) is 11.4. The zero-order valence-electron chi connectivity index (χ0n) is 8.38. The third-order valence-corrected chi connectivity index (χ3v) is 2.34. The van der Waals surface area contributed by atoms with E-state index < -0.39 is 0 Å². The first-order chi connectivity index (χ1) is 7.84. The molecule has 0 unspecified atom stereocenters. The topological polar surface area (TPSA) is 37.9 Å². The van der Waals surface area contributed by atoms with Crippen LogP contribution < -0.4 is 0 Å². The summed E-state index contributed by atoms with van der Waals surface area (Å²) in [6.07, 6.45) is 4.85. The Morgan fingerprint density at radius 3 is 2.69 bits per heavy atom.